The third-order valence-electron chi connectivity index (χ3n) is 0.956. The summed E-state index contributed by atoms with van der Waals surface area (Å²) in [4.78, 5) is 20.2. The standard InChI is InChI=1S/C4H8N2O3/c1-4(6,2(5)7)3(8)9/h6H2,1H3,(H2,5,7)(H,8,9)/t4-/m0/s1. The van der Waals surface area contributed by atoms with Crippen LogP contribution in [0.3, 0.4) is 0 Å². The average Bonchev–Trinajstić information content (AvgIpc) is 1.65. The molecule has 1 atom stereocenters. The number of carboxylic acids is 1. The van der Waals surface area contributed by atoms with E-state index in [2.05, 4.69) is 5.73 Å². The number of primary amides is 1. The molecule has 0 aromatic rings. The highest BCUT2D eigenvalue weighted by Gasteiger charge is 2.34. The van der Waals surface area contributed by atoms with Gasteiger partial charge in [0, 0.05) is 0 Å². The second kappa shape index (κ2) is 2.02. The molecular weight excluding hydrogens is 124 g/mol. The molecule has 0 spiro atoms. The van der Waals surface area contributed by atoms with E-state index in [-0.39, 0.29) is 0 Å². The van der Waals surface area contributed by atoms with Gasteiger partial charge in [-0.2, -0.15) is 0 Å². The molecular formula is C4H8N2O3. The van der Waals surface area contributed by atoms with E-state index in [9.17, 15) is 9.59 Å². The number of hydrogen-bond acceptors (Lipinski definition) is 3. The van der Waals surface area contributed by atoms with Crippen LogP contribution in [0.4, 0.5) is 0 Å². The fraction of sp³-hybridized carbons (Fsp3) is 0.500. The van der Waals surface area contributed by atoms with Gasteiger partial charge in [0.2, 0.25) is 5.91 Å². The van der Waals surface area contributed by atoms with E-state index in [1.54, 1.807) is 0 Å². The maximum absolute atomic E-state index is 10.2. The molecule has 9 heavy (non-hydrogen) atoms. The van der Waals surface area contributed by atoms with Crippen LogP contribution < -0.4 is 11.5 Å². The first-order valence-electron chi connectivity index (χ1n) is 2.21. The number of carboxylic acid groups (broad SMARTS) is 1. The lowest BCUT2D eigenvalue weighted by molar-refractivity contribution is -0.147. The van der Waals surface area contributed by atoms with Crippen molar-refractivity contribution in [3.8, 4) is 0 Å². The zero-order chi connectivity index (χ0) is 7.65. The van der Waals surface area contributed by atoms with Crippen molar-refractivity contribution in [1.82, 2.24) is 0 Å². The smallest absolute Gasteiger partial charge is 0.333 e. The molecule has 0 unspecified atom stereocenters. The summed E-state index contributed by atoms with van der Waals surface area (Å²) in [7, 11) is 0. The Morgan fingerprint density at radius 2 is 1.89 bits per heavy atom. The molecule has 0 aliphatic rings. The minimum absolute atomic E-state index is 1.04. The molecule has 0 rings (SSSR count). The molecule has 0 bridgehead atoms. The number of rotatable bonds is 2. The average molecular weight is 132 g/mol. The predicted octanol–water partition coefficient (Wildman–Crippen LogP) is -1.73. The third-order valence-corrected chi connectivity index (χ3v) is 0.956. The Hall–Kier alpha value is -1.10. The second-order valence-electron chi connectivity index (χ2n) is 1.87. The Bertz CT molecular complexity index is 136. The molecule has 5 N–H and O–H groups in total. The van der Waals surface area contributed by atoms with E-state index in [1.807, 2.05) is 0 Å². The van der Waals surface area contributed by atoms with E-state index in [4.69, 9.17) is 10.8 Å². The van der Waals surface area contributed by atoms with Gasteiger partial charge >= 0.3 is 5.97 Å². The van der Waals surface area contributed by atoms with Gasteiger partial charge in [0.25, 0.3) is 0 Å². The summed E-state index contributed by atoms with van der Waals surface area (Å²) in [6, 6.07) is 0. The van der Waals surface area contributed by atoms with E-state index in [0.29, 0.717) is 0 Å². The van der Waals surface area contributed by atoms with Crippen molar-refractivity contribution < 1.29 is 14.7 Å². The lowest BCUT2D eigenvalue weighted by atomic mass is 10.1. The Balaban J connectivity index is 4.38. The van der Waals surface area contributed by atoms with E-state index in [1.165, 1.54) is 0 Å². The van der Waals surface area contributed by atoms with E-state index >= 15 is 0 Å². The first kappa shape index (κ1) is 7.90. The summed E-state index contributed by atoms with van der Waals surface area (Å²) in [6.07, 6.45) is 0. The molecule has 0 aliphatic heterocycles. The lowest BCUT2D eigenvalue weighted by Crippen LogP contribution is -2.55. The molecule has 5 heteroatoms. The van der Waals surface area contributed by atoms with Gasteiger partial charge in [-0.3, -0.25) is 4.79 Å². The van der Waals surface area contributed by atoms with Crippen LogP contribution in [-0.4, -0.2) is 22.5 Å². The van der Waals surface area contributed by atoms with Crippen LogP contribution in [0, 0.1) is 0 Å². The van der Waals surface area contributed by atoms with Gasteiger partial charge in [-0.1, -0.05) is 0 Å². The highest BCUT2D eigenvalue weighted by atomic mass is 16.4. The summed E-state index contributed by atoms with van der Waals surface area (Å²) in [5, 5.41) is 8.19. The normalized spacial score (nSPS) is 16.2. The van der Waals surface area contributed by atoms with Crippen molar-refractivity contribution in [2.24, 2.45) is 11.5 Å². The van der Waals surface area contributed by atoms with Gasteiger partial charge in [-0.05, 0) is 6.92 Å². The minimum Gasteiger partial charge on any atom is -0.479 e. The molecule has 52 valence electrons. The van der Waals surface area contributed by atoms with Crippen molar-refractivity contribution in [2.45, 2.75) is 12.5 Å². The SMILES string of the molecule is C[C@](N)(C(N)=O)C(=O)O. The van der Waals surface area contributed by atoms with Gasteiger partial charge in [-0.15, -0.1) is 0 Å². The third kappa shape index (κ3) is 1.39. The number of hydrogen-bond donors (Lipinski definition) is 3. The molecule has 0 aliphatic carbocycles. The van der Waals surface area contributed by atoms with Gasteiger partial charge in [0.05, 0.1) is 0 Å². The first-order chi connectivity index (χ1) is 3.89. The Morgan fingerprint density at radius 3 is 1.89 bits per heavy atom. The molecule has 0 aromatic carbocycles. The van der Waals surface area contributed by atoms with Crippen LogP contribution >= 0.6 is 0 Å². The zero-order valence-corrected chi connectivity index (χ0v) is 4.92. The molecule has 0 saturated carbocycles. The van der Waals surface area contributed by atoms with Gasteiger partial charge < -0.3 is 16.6 Å². The summed E-state index contributed by atoms with van der Waals surface area (Å²) in [5.41, 5.74) is 7.61. The quantitative estimate of drug-likeness (QED) is 0.388. The molecule has 0 heterocycles. The number of carbonyl (C=O) groups excluding carboxylic acids is 1. The largest absolute Gasteiger partial charge is 0.479 e. The van der Waals surface area contributed by atoms with E-state index in [0.717, 1.165) is 6.92 Å². The van der Waals surface area contributed by atoms with Crippen molar-refractivity contribution in [3.05, 3.63) is 0 Å². The Labute approximate surface area is 51.6 Å². The maximum atomic E-state index is 10.2. The van der Waals surface area contributed by atoms with Crippen molar-refractivity contribution >= 4 is 11.9 Å². The number of nitrogens with two attached hydrogens (primary N) is 2. The maximum Gasteiger partial charge on any atom is 0.333 e. The van der Waals surface area contributed by atoms with Crippen LogP contribution in [0.1, 0.15) is 6.92 Å². The van der Waals surface area contributed by atoms with Gasteiger partial charge in [0.15, 0.2) is 5.54 Å². The number of aliphatic carboxylic acids is 1. The fourth-order valence-corrected chi connectivity index (χ4v) is 0.105. The monoisotopic (exact) mass is 132 g/mol. The Kier molecular flexibility index (Phi) is 1.77. The van der Waals surface area contributed by atoms with Crippen molar-refractivity contribution in [2.75, 3.05) is 0 Å². The van der Waals surface area contributed by atoms with Crippen LogP contribution in [-0.2, 0) is 9.59 Å². The molecule has 5 nitrogen and oxygen atoms in total. The Morgan fingerprint density at radius 1 is 1.56 bits per heavy atom. The molecule has 1 amide bonds. The minimum atomic E-state index is -1.94. The van der Waals surface area contributed by atoms with Crippen molar-refractivity contribution in [3.63, 3.8) is 0 Å². The summed E-state index contributed by atoms with van der Waals surface area (Å²) < 4.78 is 0. The lowest BCUT2D eigenvalue weighted by Gasteiger charge is -2.12. The van der Waals surface area contributed by atoms with Gasteiger partial charge in [-0.25, -0.2) is 4.79 Å². The van der Waals surface area contributed by atoms with Crippen LogP contribution in [0.5, 0.6) is 0 Å². The number of carbonyl (C=O) groups is 2. The first-order valence-corrected chi connectivity index (χ1v) is 2.21. The topological polar surface area (TPSA) is 106 Å². The highest BCUT2D eigenvalue weighted by Crippen LogP contribution is 1.95. The number of amides is 1. The van der Waals surface area contributed by atoms with E-state index < -0.39 is 17.4 Å². The van der Waals surface area contributed by atoms with Crippen molar-refractivity contribution in [1.29, 1.82) is 0 Å². The molecule has 0 aromatic heterocycles. The summed E-state index contributed by atoms with van der Waals surface area (Å²) in [6.45, 7) is 1.04. The van der Waals surface area contributed by atoms with Gasteiger partial charge in [0.1, 0.15) is 0 Å². The van der Waals surface area contributed by atoms with Crippen LogP contribution in [0.2, 0.25) is 0 Å². The second-order valence-corrected chi connectivity index (χ2v) is 1.87. The predicted molar refractivity (Wildman–Crippen MR) is 29.4 cm³/mol. The molecule has 0 fully saturated rings. The van der Waals surface area contributed by atoms with Crippen LogP contribution in [0.25, 0.3) is 0 Å². The molecule has 0 saturated heterocycles. The summed E-state index contributed by atoms with van der Waals surface area (Å²) in [5.74, 6) is -2.47. The highest BCUT2D eigenvalue weighted by molar-refractivity contribution is 6.05. The fourth-order valence-electron chi connectivity index (χ4n) is 0.105. The summed E-state index contributed by atoms with van der Waals surface area (Å²) >= 11 is 0. The van der Waals surface area contributed by atoms with Crippen LogP contribution in [0.15, 0.2) is 0 Å². The molecule has 0 radical (unpaired) electrons. The zero-order valence-electron chi connectivity index (χ0n) is 4.92.